The molecule has 1 saturated heterocycles. The van der Waals surface area contributed by atoms with Crippen molar-refractivity contribution in [1.29, 1.82) is 0 Å². The van der Waals surface area contributed by atoms with E-state index in [2.05, 4.69) is 0 Å². The molecule has 0 bridgehead atoms. The molecule has 2 aromatic carbocycles. The predicted octanol–water partition coefficient (Wildman–Crippen LogP) is 4.00. The molecule has 1 amide bonds. The van der Waals surface area contributed by atoms with Crippen LogP contribution in [0.1, 0.15) is 24.4 Å². The van der Waals surface area contributed by atoms with E-state index in [0.29, 0.717) is 30.9 Å². The number of carbonyl (C=O) groups is 1. The molecule has 0 radical (unpaired) electrons. The molecule has 1 unspecified atom stereocenters. The molecule has 29 heavy (non-hydrogen) atoms. The van der Waals surface area contributed by atoms with Gasteiger partial charge < -0.3 is 19.1 Å². The highest BCUT2D eigenvalue weighted by molar-refractivity contribution is 5.78. The van der Waals surface area contributed by atoms with Crippen LogP contribution in [0, 0.1) is 23.3 Å². The van der Waals surface area contributed by atoms with E-state index in [-0.39, 0.29) is 12.1 Å². The Labute approximate surface area is 164 Å². The summed E-state index contributed by atoms with van der Waals surface area (Å²) in [5, 5.41) is 0. The number of hydrogen-bond acceptors (Lipinski definition) is 4. The van der Waals surface area contributed by atoms with Crippen LogP contribution in [-0.2, 0) is 4.79 Å². The highest BCUT2D eigenvalue weighted by Crippen LogP contribution is 2.37. The molecule has 1 heterocycles. The topological polar surface area (TPSA) is 48.0 Å². The van der Waals surface area contributed by atoms with Gasteiger partial charge in [0.2, 0.25) is 11.6 Å². The molecule has 2 aromatic rings. The molecular formula is C20H19F4NO4. The number of methoxy groups -OCH3 is 2. The maximum Gasteiger partial charge on any atom is 0.261 e. The Morgan fingerprint density at radius 1 is 1.03 bits per heavy atom. The number of hydrogen-bond donors (Lipinski definition) is 0. The summed E-state index contributed by atoms with van der Waals surface area (Å²) in [6.45, 7) is -0.357. The van der Waals surface area contributed by atoms with Gasteiger partial charge in [0, 0.05) is 12.6 Å². The first kappa shape index (κ1) is 20.8. The second kappa shape index (κ2) is 8.59. The normalized spacial score (nSPS) is 16.1. The van der Waals surface area contributed by atoms with E-state index in [1.165, 1.54) is 19.1 Å². The van der Waals surface area contributed by atoms with E-state index >= 15 is 0 Å². The third kappa shape index (κ3) is 4.08. The van der Waals surface area contributed by atoms with Gasteiger partial charge in [-0.05, 0) is 30.5 Å². The Morgan fingerprint density at radius 3 is 2.31 bits per heavy atom. The number of nitrogens with zero attached hydrogens (tertiary/aromatic N) is 1. The standard InChI is InChI=1S/C20H19F4NO4/c1-27-15-6-5-11(8-16(15)28-2)14-4-3-7-25(14)17(26)10-29-20-18(23)12(21)9-13(22)19(20)24/h5-6,8-9,14H,3-4,7,10H2,1-2H3. The zero-order chi connectivity index (χ0) is 21.1. The van der Waals surface area contributed by atoms with Crippen molar-refractivity contribution in [3.63, 3.8) is 0 Å². The van der Waals surface area contributed by atoms with Gasteiger partial charge in [0.25, 0.3) is 5.91 Å². The van der Waals surface area contributed by atoms with Gasteiger partial charge in [-0.25, -0.2) is 8.78 Å². The minimum absolute atomic E-state index is 0.0763. The van der Waals surface area contributed by atoms with Gasteiger partial charge in [-0.1, -0.05) is 6.07 Å². The van der Waals surface area contributed by atoms with Crippen LogP contribution in [0.3, 0.4) is 0 Å². The fourth-order valence-electron chi connectivity index (χ4n) is 3.37. The summed E-state index contributed by atoms with van der Waals surface area (Å²) in [5.41, 5.74) is 0.794. The lowest BCUT2D eigenvalue weighted by molar-refractivity contribution is -0.134. The molecule has 5 nitrogen and oxygen atoms in total. The molecule has 1 fully saturated rings. The van der Waals surface area contributed by atoms with Crippen LogP contribution >= 0.6 is 0 Å². The number of carbonyl (C=O) groups excluding carboxylic acids is 1. The summed E-state index contributed by atoms with van der Waals surface area (Å²) >= 11 is 0. The highest BCUT2D eigenvalue weighted by Gasteiger charge is 2.31. The van der Waals surface area contributed by atoms with Crippen molar-refractivity contribution in [1.82, 2.24) is 4.90 Å². The van der Waals surface area contributed by atoms with Gasteiger partial charge in [-0.15, -0.1) is 0 Å². The third-order valence-electron chi connectivity index (χ3n) is 4.78. The van der Waals surface area contributed by atoms with Crippen molar-refractivity contribution in [2.45, 2.75) is 18.9 Å². The summed E-state index contributed by atoms with van der Waals surface area (Å²) in [5.74, 6) is -7.35. The summed E-state index contributed by atoms with van der Waals surface area (Å²) in [7, 11) is 3.00. The largest absolute Gasteiger partial charge is 0.493 e. The van der Waals surface area contributed by atoms with Crippen LogP contribution < -0.4 is 14.2 Å². The SMILES string of the molecule is COc1ccc(C2CCCN2C(=O)COc2c(F)c(F)cc(F)c2F)cc1OC. The predicted molar refractivity (Wildman–Crippen MR) is 95.0 cm³/mol. The molecule has 1 aliphatic heterocycles. The van der Waals surface area contributed by atoms with E-state index in [0.717, 1.165) is 5.56 Å². The first-order valence-electron chi connectivity index (χ1n) is 8.84. The first-order chi connectivity index (χ1) is 13.9. The number of ether oxygens (including phenoxy) is 3. The van der Waals surface area contributed by atoms with Crippen molar-refractivity contribution in [3.05, 3.63) is 53.1 Å². The van der Waals surface area contributed by atoms with Crippen LogP contribution in [0.5, 0.6) is 17.2 Å². The van der Waals surface area contributed by atoms with Crippen LogP contribution in [0.2, 0.25) is 0 Å². The fourth-order valence-corrected chi connectivity index (χ4v) is 3.37. The molecule has 0 aliphatic carbocycles. The summed E-state index contributed by atoms with van der Waals surface area (Å²) < 4.78 is 69.3. The Bertz CT molecular complexity index is 896. The average Bonchev–Trinajstić information content (AvgIpc) is 3.21. The molecule has 1 aliphatic rings. The van der Waals surface area contributed by atoms with Crippen LogP contribution in [0.25, 0.3) is 0 Å². The number of benzene rings is 2. The summed E-state index contributed by atoms with van der Waals surface area (Å²) in [6, 6.07) is 5.03. The molecule has 0 saturated carbocycles. The van der Waals surface area contributed by atoms with Crippen LogP contribution in [-0.4, -0.2) is 38.2 Å². The van der Waals surface area contributed by atoms with Gasteiger partial charge in [-0.2, -0.15) is 8.78 Å². The van der Waals surface area contributed by atoms with E-state index in [1.54, 1.807) is 18.2 Å². The molecule has 9 heteroatoms. The fraction of sp³-hybridized carbons (Fsp3) is 0.350. The molecule has 0 spiro atoms. The third-order valence-corrected chi connectivity index (χ3v) is 4.78. The highest BCUT2D eigenvalue weighted by atomic mass is 19.2. The summed E-state index contributed by atoms with van der Waals surface area (Å²) in [6.07, 6.45) is 1.38. The Balaban J connectivity index is 1.76. The molecule has 3 rings (SSSR count). The van der Waals surface area contributed by atoms with Gasteiger partial charge in [0.05, 0.1) is 20.3 Å². The van der Waals surface area contributed by atoms with Crippen molar-refractivity contribution in [2.24, 2.45) is 0 Å². The van der Waals surface area contributed by atoms with E-state index in [1.807, 2.05) is 0 Å². The van der Waals surface area contributed by atoms with Crippen molar-refractivity contribution in [3.8, 4) is 17.2 Å². The minimum Gasteiger partial charge on any atom is -0.493 e. The molecule has 156 valence electrons. The quantitative estimate of drug-likeness (QED) is 0.531. The second-order valence-corrected chi connectivity index (χ2v) is 6.45. The van der Waals surface area contributed by atoms with Crippen molar-refractivity contribution < 1.29 is 36.6 Å². The lowest BCUT2D eigenvalue weighted by Crippen LogP contribution is -2.34. The Morgan fingerprint density at radius 2 is 1.69 bits per heavy atom. The van der Waals surface area contributed by atoms with Gasteiger partial charge in [0.15, 0.2) is 35.5 Å². The van der Waals surface area contributed by atoms with Crippen LogP contribution in [0.4, 0.5) is 17.6 Å². The molecule has 1 atom stereocenters. The van der Waals surface area contributed by atoms with Crippen molar-refractivity contribution >= 4 is 5.91 Å². The molecular weight excluding hydrogens is 394 g/mol. The van der Waals surface area contributed by atoms with Gasteiger partial charge in [0.1, 0.15) is 0 Å². The summed E-state index contributed by atoms with van der Waals surface area (Å²) in [4.78, 5) is 14.1. The second-order valence-electron chi connectivity index (χ2n) is 6.45. The minimum atomic E-state index is -1.69. The maximum atomic E-state index is 13.7. The lowest BCUT2D eigenvalue weighted by Gasteiger charge is -2.26. The van der Waals surface area contributed by atoms with Gasteiger partial charge >= 0.3 is 0 Å². The molecule has 0 N–H and O–H groups in total. The molecule has 0 aromatic heterocycles. The zero-order valence-corrected chi connectivity index (χ0v) is 15.8. The van der Waals surface area contributed by atoms with Crippen LogP contribution in [0.15, 0.2) is 24.3 Å². The monoisotopic (exact) mass is 413 g/mol. The average molecular weight is 413 g/mol. The number of likely N-dealkylation sites (tertiary alicyclic amines) is 1. The zero-order valence-electron chi connectivity index (χ0n) is 15.8. The number of amides is 1. The lowest BCUT2D eigenvalue weighted by atomic mass is 10.0. The number of rotatable bonds is 6. The Kier molecular flexibility index (Phi) is 6.14. The smallest absolute Gasteiger partial charge is 0.261 e. The van der Waals surface area contributed by atoms with E-state index in [4.69, 9.17) is 14.2 Å². The van der Waals surface area contributed by atoms with E-state index < -0.39 is 41.5 Å². The van der Waals surface area contributed by atoms with Gasteiger partial charge in [-0.3, -0.25) is 4.79 Å². The van der Waals surface area contributed by atoms with E-state index in [9.17, 15) is 22.4 Å². The Hall–Kier alpha value is -2.97. The van der Waals surface area contributed by atoms with Crippen molar-refractivity contribution in [2.75, 3.05) is 27.4 Å². The number of halogens is 4. The first-order valence-corrected chi connectivity index (χ1v) is 8.84. The maximum absolute atomic E-state index is 13.7.